The average Bonchev–Trinajstić information content (AvgIpc) is 2.53. The summed E-state index contributed by atoms with van der Waals surface area (Å²) in [4.78, 5) is 4.34. The molecule has 21 heavy (non-hydrogen) atoms. The fraction of sp³-hybridized carbons (Fsp3) is 0.211. The Bertz CT molecular complexity index is 734. The molecular formula is C19H19NO. The number of aliphatic hydroxyl groups is 1. The standard InChI is InChI=1S/C19H19NO/c1-14-4-6-15(7-5-14)8-11-19(21)17-10-9-16-3-2-12-20-18(16)13-17/h2-7,9-10,12-13,19,21H,8,11H2,1H3. The molecular weight excluding hydrogens is 258 g/mol. The number of hydrogen-bond donors (Lipinski definition) is 1. The number of rotatable bonds is 4. The summed E-state index contributed by atoms with van der Waals surface area (Å²) in [6, 6.07) is 18.4. The summed E-state index contributed by atoms with van der Waals surface area (Å²) in [5.74, 6) is 0. The van der Waals surface area contributed by atoms with Crippen LogP contribution in [-0.4, -0.2) is 10.1 Å². The Morgan fingerprint density at radius 1 is 1.05 bits per heavy atom. The van der Waals surface area contributed by atoms with E-state index in [0.29, 0.717) is 0 Å². The summed E-state index contributed by atoms with van der Waals surface area (Å²) in [5.41, 5.74) is 4.40. The van der Waals surface area contributed by atoms with Gasteiger partial charge < -0.3 is 5.11 Å². The van der Waals surface area contributed by atoms with Crippen LogP contribution >= 0.6 is 0 Å². The van der Waals surface area contributed by atoms with E-state index < -0.39 is 6.10 Å². The molecule has 1 unspecified atom stereocenters. The van der Waals surface area contributed by atoms with Crippen LogP contribution in [0.5, 0.6) is 0 Å². The predicted molar refractivity (Wildman–Crippen MR) is 86.2 cm³/mol. The summed E-state index contributed by atoms with van der Waals surface area (Å²) in [6.07, 6.45) is 2.94. The van der Waals surface area contributed by atoms with E-state index in [4.69, 9.17) is 0 Å². The van der Waals surface area contributed by atoms with Gasteiger partial charge in [-0.3, -0.25) is 4.98 Å². The van der Waals surface area contributed by atoms with Crippen LogP contribution in [0.1, 0.15) is 29.2 Å². The maximum atomic E-state index is 10.4. The fourth-order valence-electron chi connectivity index (χ4n) is 2.52. The lowest BCUT2D eigenvalue weighted by Crippen LogP contribution is -2.00. The van der Waals surface area contributed by atoms with E-state index in [9.17, 15) is 5.11 Å². The largest absolute Gasteiger partial charge is 0.388 e. The maximum absolute atomic E-state index is 10.4. The third kappa shape index (κ3) is 3.29. The van der Waals surface area contributed by atoms with Crippen molar-refractivity contribution >= 4 is 10.9 Å². The van der Waals surface area contributed by atoms with Crippen LogP contribution < -0.4 is 0 Å². The van der Waals surface area contributed by atoms with Gasteiger partial charge in [0.2, 0.25) is 0 Å². The average molecular weight is 277 g/mol. The lowest BCUT2D eigenvalue weighted by atomic mass is 10.00. The summed E-state index contributed by atoms with van der Waals surface area (Å²) in [6.45, 7) is 2.08. The molecule has 2 heteroatoms. The van der Waals surface area contributed by atoms with Crippen molar-refractivity contribution in [3.8, 4) is 0 Å². The zero-order valence-electron chi connectivity index (χ0n) is 12.2. The van der Waals surface area contributed by atoms with Gasteiger partial charge in [-0.2, -0.15) is 0 Å². The van der Waals surface area contributed by atoms with Gasteiger partial charge in [-0.05, 0) is 43.0 Å². The first kappa shape index (κ1) is 13.8. The zero-order valence-corrected chi connectivity index (χ0v) is 12.2. The van der Waals surface area contributed by atoms with Crippen LogP contribution in [0.3, 0.4) is 0 Å². The summed E-state index contributed by atoms with van der Waals surface area (Å²) in [7, 11) is 0. The molecule has 0 bridgehead atoms. The lowest BCUT2D eigenvalue weighted by molar-refractivity contribution is 0.168. The second-order valence-corrected chi connectivity index (χ2v) is 5.50. The molecule has 0 aliphatic heterocycles. The molecule has 1 heterocycles. The predicted octanol–water partition coefficient (Wildman–Crippen LogP) is 4.21. The molecule has 2 aromatic carbocycles. The van der Waals surface area contributed by atoms with Crippen molar-refractivity contribution < 1.29 is 5.11 Å². The van der Waals surface area contributed by atoms with E-state index in [-0.39, 0.29) is 0 Å². The lowest BCUT2D eigenvalue weighted by Gasteiger charge is -2.12. The van der Waals surface area contributed by atoms with Crippen molar-refractivity contribution in [1.29, 1.82) is 0 Å². The van der Waals surface area contributed by atoms with Gasteiger partial charge in [0.15, 0.2) is 0 Å². The van der Waals surface area contributed by atoms with Crippen LogP contribution in [0.15, 0.2) is 60.8 Å². The first-order chi connectivity index (χ1) is 10.2. The molecule has 0 saturated heterocycles. The van der Waals surface area contributed by atoms with Crippen LogP contribution in [-0.2, 0) is 6.42 Å². The van der Waals surface area contributed by atoms with Crippen LogP contribution in [0.4, 0.5) is 0 Å². The van der Waals surface area contributed by atoms with Crippen molar-refractivity contribution in [3.63, 3.8) is 0 Å². The molecule has 0 spiro atoms. The van der Waals surface area contributed by atoms with E-state index in [1.54, 1.807) is 6.20 Å². The second-order valence-electron chi connectivity index (χ2n) is 5.50. The number of nitrogens with zero attached hydrogens (tertiary/aromatic N) is 1. The molecule has 3 aromatic rings. The number of aryl methyl sites for hydroxylation is 2. The minimum Gasteiger partial charge on any atom is -0.388 e. The molecule has 1 aromatic heterocycles. The Kier molecular flexibility index (Phi) is 3.98. The Labute approximate surface area is 125 Å². The van der Waals surface area contributed by atoms with Crippen molar-refractivity contribution in [2.24, 2.45) is 0 Å². The van der Waals surface area contributed by atoms with Crippen molar-refractivity contribution in [1.82, 2.24) is 4.98 Å². The second kappa shape index (κ2) is 6.06. The van der Waals surface area contributed by atoms with Gasteiger partial charge in [-0.25, -0.2) is 0 Å². The van der Waals surface area contributed by atoms with Gasteiger partial charge in [0.25, 0.3) is 0 Å². The van der Waals surface area contributed by atoms with E-state index in [1.165, 1.54) is 11.1 Å². The molecule has 0 saturated carbocycles. The van der Waals surface area contributed by atoms with Crippen molar-refractivity contribution in [2.75, 3.05) is 0 Å². The first-order valence-electron chi connectivity index (χ1n) is 7.31. The highest BCUT2D eigenvalue weighted by molar-refractivity contribution is 5.78. The molecule has 1 atom stereocenters. The first-order valence-corrected chi connectivity index (χ1v) is 7.31. The molecule has 0 radical (unpaired) electrons. The summed E-state index contributed by atoms with van der Waals surface area (Å²) in [5, 5.41) is 11.5. The number of fused-ring (bicyclic) bond motifs is 1. The number of aliphatic hydroxyl groups excluding tert-OH is 1. The number of pyridine rings is 1. The van der Waals surface area contributed by atoms with Gasteiger partial charge in [-0.15, -0.1) is 0 Å². The molecule has 0 fully saturated rings. The smallest absolute Gasteiger partial charge is 0.0794 e. The Balaban J connectivity index is 1.71. The Morgan fingerprint density at radius 2 is 1.86 bits per heavy atom. The van der Waals surface area contributed by atoms with Crippen molar-refractivity contribution in [2.45, 2.75) is 25.9 Å². The molecule has 3 rings (SSSR count). The maximum Gasteiger partial charge on any atom is 0.0794 e. The van der Waals surface area contributed by atoms with Gasteiger partial charge in [0, 0.05) is 11.6 Å². The van der Waals surface area contributed by atoms with E-state index in [0.717, 1.165) is 29.3 Å². The summed E-state index contributed by atoms with van der Waals surface area (Å²) < 4.78 is 0. The topological polar surface area (TPSA) is 33.1 Å². The van der Waals surface area contributed by atoms with E-state index >= 15 is 0 Å². The van der Waals surface area contributed by atoms with Gasteiger partial charge in [0.1, 0.15) is 0 Å². The molecule has 0 amide bonds. The minimum absolute atomic E-state index is 0.447. The Hall–Kier alpha value is -2.19. The highest BCUT2D eigenvalue weighted by Crippen LogP contribution is 2.22. The molecule has 2 nitrogen and oxygen atoms in total. The minimum atomic E-state index is -0.447. The summed E-state index contributed by atoms with van der Waals surface area (Å²) >= 11 is 0. The number of hydrogen-bond acceptors (Lipinski definition) is 2. The van der Waals surface area contributed by atoms with Crippen LogP contribution in [0.2, 0.25) is 0 Å². The van der Waals surface area contributed by atoms with E-state index in [2.05, 4.69) is 36.2 Å². The fourth-order valence-corrected chi connectivity index (χ4v) is 2.52. The zero-order chi connectivity index (χ0) is 14.7. The highest BCUT2D eigenvalue weighted by atomic mass is 16.3. The van der Waals surface area contributed by atoms with Gasteiger partial charge >= 0.3 is 0 Å². The van der Waals surface area contributed by atoms with Gasteiger partial charge in [-0.1, -0.05) is 48.0 Å². The normalized spacial score (nSPS) is 12.5. The third-order valence-electron chi connectivity index (χ3n) is 3.84. The molecule has 106 valence electrons. The van der Waals surface area contributed by atoms with Gasteiger partial charge in [0.05, 0.1) is 11.6 Å². The van der Waals surface area contributed by atoms with E-state index in [1.807, 2.05) is 30.3 Å². The van der Waals surface area contributed by atoms with Crippen LogP contribution in [0, 0.1) is 6.92 Å². The highest BCUT2D eigenvalue weighted by Gasteiger charge is 2.09. The third-order valence-corrected chi connectivity index (χ3v) is 3.84. The van der Waals surface area contributed by atoms with Crippen LogP contribution in [0.25, 0.3) is 10.9 Å². The van der Waals surface area contributed by atoms with Crippen molar-refractivity contribution in [3.05, 3.63) is 77.5 Å². The Morgan fingerprint density at radius 3 is 2.67 bits per heavy atom. The molecule has 0 aliphatic rings. The quantitative estimate of drug-likeness (QED) is 0.775. The molecule has 0 aliphatic carbocycles. The molecule has 1 N–H and O–H groups in total. The SMILES string of the molecule is Cc1ccc(CCC(O)c2ccc3cccnc3c2)cc1. The monoisotopic (exact) mass is 277 g/mol. The number of benzene rings is 2. The number of aromatic nitrogens is 1.